The highest BCUT2D eigenvalue weighted by Gasteiger charge is 2.26. The number of aliphatic carboxylic acids is 1. The van der Waals surface area contributed by atoms with Crippen molar-refractivity contribution in [1.82, 2.24) is 4.98 Å². The molecule has 4 rings (SSSR count). The molecule has 1 atom stereocenters. The molecule has 1 N–H and O–H groups in total. The maximum absolute atomic E-state index is 11.4. The number of pyridine rings is 1. The van der Waals surface area contributed by atoms with Gasteiger partial charge in [-0.1, -0.05) is 6.07 Å². The number of fused-ring (bicyclic) bond motifs is 1. The van der Waals surface area contributed by atoms with Crippen LogP contribution in [0.1, 0.15) is 41.0 Å². The fourth-order valence-electron chi connectivity index (χ4n) is 4.74. The van der Waals surface area contributed by atoms with Crippen molar-refractivity contribution >= 4 is 27.6 Å². The number of hydrogen-bond donors (Lipinski definition) is 1. The van der Waals surface area contributed by atoms with E-state index in [0.29, 0.717) is 31.3 Å². The van der Waals surface area contributed by atoms with Crippen LogP contribution in [0.3, 0.4) is 0 Å². The van der Waals surface area contributed by atoms with Crippen LogP contribution in [-0.4, -0.2) is 56.0 Å². The Hall–Kier alpha value is -3.24. The van der Waals surface area contributed by atoms with Crippen LogP contribution in [0.25, 0.3) is 11.1 Å². The third kappa shape index (κ3) is 7.45. The topological polar surface area (TPSA) is 112 Å². The van der Waals surface area contributed by atoms with E-state index in [0.717, 1.165) is 49.8 Å². The van der Waals surface area contributed by atoms with E-state index in [4.69, 9.17) is 19.3 Å². The first-order chi connectivity index (χ1) is 18.5. The Morgan fingerprint density at radius 1 is 1.13 bits per heavy atom. The number of benzene rings is 2. The van der Waals surface area contributed by atoms with Crippen LogP contribution in [0, 0.1) is 13.8 Å². The SMILES string of the molecule is COc1ccc(COc2cc3c(cn2)C(CC(=O)O)CS3)cc1-c1c(C)cc(OCCCS(C)(=O)=O)cc1C. The van der Waals surface area contributed by atoms with E-state index < -0.39 is 15.8 Å². The van der Waals surface area contributed by atoms with Gasteiger partial charge in [-0.3, -0.25) is 4.79 Å². The van der Waals surface area contributed by atoms with Crippen molar-refractivity contribution in [1.29, 1.82) is 0 Å². The summed E-state index contributed by atoms with van der Waals surface area (Å²) in [6.07, 6.45) is 3.50. The summed E-state index contributed by atoms with van der Waals surface area (Å²) in [4.78, 5) is 16.6. The van der Waals surface area contributed by atoms with Crippen molar-refractivity contribution in [2.24, 2.45) is 0 Å². The van der Waals surface area contributed by atoms with Crippen LogP contribution >= 0.6 is 11.8 Å². The second kappa shape index (κ2) is 12.3. The van der Waals surface area contributed by atoms with Gasteiger partial charge in [-0.05, 0) is 72.4 Å². The monoisotopic (exact) mass is 571 g/mol. The lowest BCUT2D eigenvalue weighted by atomic mass is 9.93. The first-order valence-corrected chi connectivity index (χ1v) is 15.6. The minimum Gasteiger partial charge on any atom is -0.496 e. The highest BCUT2D eigenvalue weighted by Crippen LogP contribution is 2.42. The number of methoxy groups -OCH3 is 1. The molecule has 0 saturated carbocycles. The molecule has 2 heterocycles. The highest BCUT2D eigenvalue weighted by molar-refractivity contribution is 7.99. The average molecular weight is 572 g/mol. The zero-order valence-corrected chi connectivity index (χ0v) is 24.2. The van der Waals surface area contributed by atoms with E-state index in [2.05, 4.69) is 4.98 Å². The Labute approximate surface area is 233 Å². The summed E-state index contributed by atoms with van der Waals surface area (Å²) in [5.41, 5.74) is 5.91. The lowest BCUT2D eigenvalue weighted by Gasteiger charge is -2.17. The van der Waals surface area contributed by atoms with Crippen molar-refractivity contribution in [2.75, 3.05) is 31.5 Å². The van der Waals surface area contributed by atoms with E-state index in [-0.39, 0.29) is 18.1 Å². The second-order valence-electron chi connectivity index (χ2n) is 9.75. The minimum atomic E-state index is -3.01. The van der Waals surface area contributed by atoms with Gasteiger partial charge < -0.3 is 19.3 Å². The van der Waals surface area contributed by atoms with Crippen LogP contribution in [-0.2, 0) is 21.2 Å². The molecular weight excluding hydrogens is 538 g/mol. The highest BCUT2D eigenvalue weighted by atomic mass is 32.2. The number of hydrogen-bond acceptors (Lipinski definition) is 8. The van der Waals surface area contributed by atoms with Gasteiger partial charge in [-0.15, -0.1) is 11.8 Å². The van der Waals surface area contributed by atoms with Gasteiger partial charge in [0, 0.05) is 40.6 Å². The normalized spacial score (nSPS) is 14.6. The standard InChI is InChI=1S/C29H33NO7S2/c1-18-10-22(36-8-5-9-39(4,33)34)11-19(2)29(18)23-12-20(6-7-25(23)35-3)16-37-27-14-26-24(15-30-27)21(17-38-26)13-28(31)32/h6-7,10-12,14-15,21H,5,8-9,13,16-17H2,1-4H3,(H,31,32). The Bertz CT molecular complexity index is 1450. The Morgan fingerprint density at radius 3 is 2.54 bits per heavy atom. The Kier molecular flexibility index (Phi) is 9.07. The third-order valence-corrected chi connectivity index (χ3v) is 8.79. The number of carbonyl (C=O) groups is 1. The molecule has 0 aliphatic carbocycles. The maximum atomic E-state index is 11.4. The van der Waals surface area contributed by atoms with Gasteiger partial charge in [-0.2, -0.15) is 0 Å². The van der Waals surface area contributed by atoms with Crippen LogP contribution in [0.15, 0.2) is 47.5 Å². The number of sulfone groups is 1. The van der Waals surface area contributed by atoms with E-state index in [1.54, 1.807) is 25.1 Å². The van der Waals surface area contributed by atoms with Gasteiger partial charge in [0.15, 0.2) is 0 Å². The molecule has 1 unspecified atom stereocenters. The van der Waals surface area contributed by atoms with E-state index in [1.165, 1.54) is 6.26 Å². The number of carboxylic acids is 1. The summed E-state index contributed by atoms with van der Waals surface area (Å²) in [7, 11) is -1.37. The molecule has 0 bridgehead atoms. The Balaban J connectivity index is 1.49. The third-order valence-electron chi connectivity index (χ3n) is 6.53. The maximum Gasteiger partial charge on any atom is 0.303 e. The summed E-state index contributed by atoms with van der Waals surface area (Å²) < 4.78 is 40.2. The summed E-state index contributed by atoms with van der Waals surface area (Å²) in [5, 5.41) is 9.13. The van der Waals surface area contributed by atoms with E-state index in [9.17, 15) is 13.2 Å². The van der Waals surface area contributed by atoms with Gasteiger partial charge in [-0.25, -0.2) is 13.4 Å². The lowest BCUT2D eigenvalue weighted by molar-refractivity contribution is -0.137. The minimum absolute atomic E-state index is 0.0241. The Morgan fingerprint density at radius 2 is 1.87 bits per heavy atom. The molecule has 0 amide bonds. The largest absolute Gasteiger partial charge is 0.496 e. The van der Waals surface area contributed by atoms with Crippen molar-refractivity contribution in [3.05, 3.63) is 64.8 Å². The van der Waals surface area contributed by atoms with Crippen molar-refractivity contribution in [2.45, 2.75) is 44.1 Å². The molecule has 8 nitrogen and oxygen atoms in total. The zero-order chi connectivity index (χ0) is 28.2. The average Bonchev–Trinajstić information content (AvgIpc) is 3.26. The molecule has 0 saturated heterocycles. The molecule has 0 fully saturated rings. The fourth-order valence-corrected chi connectivity index (χ4v) is 6.63. The number of ether oxygens (including phenoxy) is 3. The van der Waals surface area contributed by atoms with Gasteiger partial charge >= 0.3 is 5.97 Å². The smallest absolute Gasteiger partial charge is 0.303 e. The molecule has 1 aromatic heterocycles. The molecule has 0 spiro atoms. The van der Waals surface area contributed by atoms with Crippen LogP contribution in [0.2, 0.25) is 0 Å². The van der Waals surface area contributed by atoms with Crippen LogP contribution < -0.4 is 14.2 Å². The molecule has 39 heavy (non-hydrogen) atoms. The number of aryl methyl sites for hydroxylation is 2. The lowest BCUT2D eigenvalue weighted by Crippen LogP contribution is -2.08. The van der Waals surface area contributed by atoms with Crippen molar-refractivity contribution in [3.63, 3.8) is 0 Å². The first kappa shape index (κ1) is 28.8. The zero-order valence-electron chi connectivity index (χ0n) is 22.5. The number of aromatic nitrogens is 1. The van der Waals surface area contributed by atoms with Gasteiger partial charge in [0.2, 0.25) is 5.88 Å². The summed E-state index contributed by atoms with van der Waals surface area (Å²) in [6.45, 7) is 4.67. The summed E-state index contributed by atoms with van der Waals surface area (Å²) in [5.74, 6) is 1.94. The number of nitrogens with zero attached hydrogens (tertiary/aromatic N) is 1. The predicted molar refractivity (Wildman–Crippen MR) is 152 cm³/mol. The second-order valence-corrected chi connectivity index (χ2v) is 13.1. The van der Waals surface area contributed by atoms with Crippen molar-refractivity contribution in [3.8, 4) is 28.5 Å². The number of rotatable bonds is 12. The summed E-state index contributed by atoms with van der Waals surface area (Å²) >= 11 is 1.63. The molecule has 3 aromatic rings. The summed E-state index contributed by atoms with van der Waals surface area (Å²) in [6, 6.07) is 11.7. The van der Waals surface area contributed by atoms with Gasteiger partial charge in [0.05, 0.1) is 25.9 Å². The predicted octanol–water partition coefficient (Wildman–Crippen LogP) is 5.43. The number of carboxylic acid groups (broad SMARTS) is 1. The van der Waals surface area contributed by atoms with Crippen LogP contribution in [0.4, 0.5) is 0 Å². The molecule has 10 heteroatoms. The van der Waals surface area contributed by atoms with Crippen LogP contribution in [0.5, 0.6) is 17.4 Å². The van der Waals surface area contributed by atoms with E-state index >= 15 is 0 Å². The van der Waals surface area contributed by atoms with Gasteiger partial charge in [0.1, 0.15) is 27.9 Å². The quantitative estimate of drug-likeness (QED) is 0.284. The first-order valence-electron chi connectivity index (χ1n) is 12.6. The van der Waals surface area contributed by atoms with Gasteiger partial charge in [0.25, 0.3) is 0 Å². The number of thioether (sulfide) groups is 1. The molecule has 208 valence electrons. The molecular formula is C29H33NO7S2. The fraction of sp³-hybridized carbons (Fsp3) is 0.379. The van der Waals surface area contributed by atoms with E-state index in [1.807, 2.05) is 50.2 Å². The van der Waals surface area contributed by atoms with Crippen molar-refractivity contribution < 1.29 is 32.5 Å². The molecule has 1 aliphatic heterocycles. The molecule has 2 aromatic carbocycles. The molecule has 0 radical (unpaired) electrons. The molecule has 1 aliphatic rings.